The zero-order valence-electron chi connectivity index (χ0n) is 15.1. The van der Waals surface area contributed by atoms with Gasteiger partial charge >= 0.3 is 5.97 Å². The Hall–Kier alpha value is -1.77. The number of allylic oxidation sites excluding steroid dienone is 2. The Bertz CT molecular complexity index is 531. The van der Waals surface area contributed by atoms with Crippen molar-refractivity contribution in [2.75, 3.05) is 6.61 Å². The molecule has 0 bridgehead atoms. The van der Waals surface area contributed by atoms with Crippen LogP contribution >= 0.6 is 0 Å². The van der Waals surface area contributed by atoms with E-state index in [0.29, 0.717) is 13.0 Å². The van der Waals surface area contributed by atoms with E-state index in [2.05, 4.69) is 25.1 Å². The van der Waals surface area contributed by atoms with Crippen molar-refractivity contribution in [1.29, 1.82) is 0 Å². The molecule has 0 fully saturated rings. The van der Waals surface area contributed by atoms with Crippen molar-refractivity contribution >= 4 is 11.5 Å². The SMILES string of the molecule is CCCCCC(Oc1ccc(C2=CCCCC2)cc1)C(=O)OCC. The van der Waals surface area contributed by atoms with Crippen molar-refractivity contribution in [2.24, 2.45) is 0 Å². The van der Waals surface area contributed by atoms with E-state index in [1.165, 1.54) is 30.4 Å². The molecule has 0 saturated heterocycles. The Morgan fingerprint density at radius 1 is 1.12 bits per heavy atom. The highest BCUT2D eigenvalue weighted by Gasteiger charge is 2.21. The van der Waals surface area contributed by atoms with E-state index in [1.807, 2.05) is 19.1 Å². The third kappa shape index (κ3) is 5.70. The zero-order valence-corrected chi connectivity index (χ0v) is 15.1. The summed E-state index contributed by atoms with van der Waals surface area (Å²) in [7, 11) is 0. The van der Waals surface area contributed by atoms with Crippen molar-refractivity contribution in [3.63, 3.8) is 0 Å². The second-order valence-corrected chi connectivity index (χ2v) is 6.35. The van der Waals surface area contributed by atoms with Gasteiger partial charge in [-0.25, -0.2) is 4.79 Å². The van der Waals surface area contributed by atoms with Crippen LogP contribution in [0.3, 0.4) is 0 Å². The summed E-state index contributed by atoms with van der Waals surface area (Å²) in [6.45, 7) is 4.37. The van der Waals surface area contributed by atoms with Gasteiger partial charge in [-0.1, -0.05) is 38.0 Å². The molecule has 1 aliphatic rings. The minimum atomic E-state index is -0.503. The van der Waals surface area contributed by atoms with E-state index in [4.69, 9.17) is 9.47 Å². The molecule has 0 spiro atoms. The molecule has 24 heavy (non-hydrogen) atoms. The van der Waals surface area contributed by atoms with E-state index < -0.39 is 6.10 Å². The number of rotatable bonds is 9. The van der Waals surface area contributed by atoms with Gasteiger partial charge in [0.25, 0.3) is 0 Å². The van der Waals surface area contributed by atoms with Crippen LogP contribution in [0.4, 0.5) is 0 Å². The Morgan fingerprint density at radius 2 is 1.92 bits per heavy atom. The van der Waals surface area contributed by atoms with Crippen LogP contribution in [0.15, 0.2) is 30.3 Å². The molecule has 2 rings (SSSR count). The fourth-order valence-corrected chi connectivity index (χ4v) is 3.05. The molecule has 3 nitrogen and oxygen atoms in total. The molecule has 0 aliphatic heterocycles. The highest BCUT2D eigenvalue weighted by Crippen LogP contribution is 2.28. The quantitative estimate of drug-likeness (QED) is 0.441. The number of hydrogen-bond donors (Lipinski definition) is 0. The molecule has 1 unspecified atom stereocenters. The van der Waals surface area contributed by atoms with Gasteiger partial charge in [0, 0.05) is 0 Å². The molecular formula is C21H30O3. The number of esters is 1. The molecule has 0 saturated carbocycles. The second kappa shape index (κ2) is 10.2. The number of carbonyl (C=O) groups excluding carboxylic acids is 1. The van der Waals surface area contributed by atoms with E-state index in [9.17, 15) is 4.79 Å². The summed E-state index contributed by atoms with van der Waals surface area (Å²) in [5.41, 5.74) is 2.69. The summed E-state index contributed by atoms with van der Waals surface area (Å²) in [6, 6.07) is 8.13. The van der Waals surface area contributed by atoms with Gasteiger partial charge in [0.15, 0.2) is 6.10 Å². The maximum absolute atomic E-state index is 12.1. The van der Waals surface area contributed by atoms with E-state index in [-0.39, 0.29) is 5.97 Å². The fraction of sp³-hybridized carbons (Fsp3) is 0.571. The average Bonchev–Trinajstić information content (AvgIpc) is 2.62. The molecule has 3 heteroatoms. The summed E-state index contributed by atoms with van der Waals surface area (Å²) in [5.74, 6) is 0.484. The lowest BCUT2D eigenvalue weighted by Crippen LogP contribution is -2.29. The highest BCUT2D eigenvalue weighted by molar-refractivity contribution is 5.75. The van der Waals surface area contributed by atoms with Crippen LogP contribution in [0.5, 0.6) is 5.75 Å². The van der Waals surface area contributed by atoms with Gasteiger partial charge in [-0.15, -0.1) is 0 Å². The van der Waals surface area contributed by atoms with Crippen molar-refractivity contribution in [1.82, 2.24) is 0 Å². The summed E-state index contributed by atoms with van der Waals surface area (Å²) in [6.07, 6.45) is 10.6. The van der Waals surface area contributed by atoms with Crippen LogP contribution in [0, 0.1) is 0 Å². The molecule has 1 aromatic carbocycles. The van der Waals surface area contributed by atoms with Crippen LogP contribution in [0.1, 0.15) is 70.8 Å². The Morgan fingerprint density at radius 3 is 2.54 bits per heavy atom. The third-order valence-electron chi connectivity index (χ3n) is 4.41. The van der Waals surface area contributed by atoms with Gasteiger partial charge in [-0.3, -0.25) is 0 Å². The van der Waals surface area contributed by atoms with Crippen molar-refractivity contribution < 1.29 is 14.3 Å². The van der Waals surface area contributed by atoms with E-state index in [0.717, 1.165) is 31.4 Å². The van der Waals surface area contributed by atoms with Crippen molar-refractivity contribution in [3.8, 4) is 5.75 Å². The monoisotopic (exact) mass is 330 g/mol. The summed E-state index contributed by atoms with van der Waals surface area (Å²) >= 11 is 0. The second-order valence-electron chi connectivity index (χ2n) is 6.35. The molecule has 0 radical (unpaired) electrons. The van der Waals surface area contributed by atoms with Crippen LogP contribution in [-0.2, 0) is 9.53 Å². The number of unbranched alkanes of at least 4 members (excludes halogenated alkanes) is 2. The molecule has 1 atom stereocenters. The summed E-state index contributed by atoms with van der Waals surface area (Å²) < 4.78 is 11.1. The van der Waals surface area contributed by atoms with Crippen molar-refractivity contribution in [3.05, 3.63) is 35.9 Å². The van der Waals surface area contributed by atoms with Gasteiger partial charge in [-0.05, 0) is 68.7 Å². The standard InChI is InChI=1S/C21H30O3/c1-3-5-7-12-20(21(22)23-4-2)24-19-15-13-18(14-16-19)17-10-8-6-9-11-17/h10,13-16,20H,3-9,11-12H2,1-2H3. The maximum atomic E-state index is 12.1. The van der Waals surface area contributed by atoms with Gasteiger partial charge in [0.1, 0.15) is 5.75 Å². The first-order chi connectivity index (χ1) is 11.7. The number of benzene rings is 1. The molecule has 0 aromatic heterocycles. The van der Waals surface area contributed by atoms with Crippen LogP contribution < -0.4 is 4.74 Å². The predicted molar refractivity (Wildman–Crippen MR) is 98.1 cm³/mol. The minimum Gasteiger partial charge on any atom is -0.479 e. The Kier molecular flexibility index (Phi) is 7.87. The molecule has 0 heterocycles. The Balaban J connectivity index is 1.99. The molecule has 1 aliphatic carbocycles. The highest BCUT2D eigenvalue weighted by atomic mass is 16.6. The van der Waals surface area contributed by atoms with Crippen molar-refractivity contribution in [2.45, 2.75) is 71.3 Å². The molecule has 132 valence electrons. The van der Waals surface area contributed by atoms with Crippen LogP contribution in [0.25, 0.3) is 5.57 Å². The lowest BCUT2D eigenvalue weighted by atomic mass is 9.94. The molecule has 0 N–H and O–H groups in total. The van der Waals surface area contributed by atoms with E-state index in [1.54, 1.807) is 0 Å². The van der Waals surface area contributed by atoms with Gasteiger partial charge in [0.05, 0.1) is 6.61 Å². The first-order valence-electron chi connectivity index (χ1n) is 9.37. The summed E-state index contributed by atoms with van der Waals surface area (Å²) in [5, 5.41) is 0. The lowest BCUT2D eigenvalue weighted by Gasteiger charge is -2.18. The molecule has 1 aromatic rings. The Labute approximate surface area is 146 Å². The van der Waals surface area contributed by atoms with Crippen LogP contribution in [0.2, 0.25) is 0 Å². The minimum absolute atomic E-state index is 0.257. The topological polar surface area (TPSA) is 35.5 Å². The fourth-order valence-electron chi connectivity index (χ4n) is 3.05. The van der Waals surface area contributed by atoms with Gasteiger partial charge < -0.3 is 9.47 Å². The third-order valence-corrected chi connectivity index (χ3v) is 4.41. The van der Waals surface area contributed by atoms with E-state index >= 15 is 0 Å². The predicted octanol–water partition coefficient (Wildman–Crippen LogP) is 5.53. The number of hydrogen-bond acceptors (Lipinski definition) is 3. The first-order valence-corrected chi connectivity index (χ1v) is 9.37. The number of ether oxygens (including phenoxy) is 2. The van der Waals surface area contributed by atoms with Gasteiger partial charge in [-0.2, -0.15) is 0 Å². The smallest absolute Gasteiger partial charge is 0.347 e. The summed E-state index contributed by atoms with van der Waals surface area (Å²) in [4.78, 5) is 12.1. The van der Waals surface area contributed by atoms with Crippen LogP contribution in [-0.4, -0.2) is 18.7 Å². The maximum Gasteiger partial charge on any atom is 0.347 e. The normalized spacial score (nSPS) is 15.5. The lowest BCUT2D eigenvalue weighted by molar-refractivity contribution is -0.151. The zero-order chi connectivity index (χ0) is 17.2. The van der Waals surface area contributed by atoms with Gasteiger partial charge in [0.2, 0.25) is 0 Å². The molecular weight excluding hydrogens is 300 g/mol. The largest absolute Gasteiger partial charge is 0.479 e. The average molecular weight is 330 g/mol. The number of carbonyl (C=O) groups is 1. The first kappa shape index (κ1) is 18.6. The molecule has 0 amide bonds.